The number of rotatable bonds is 4. The van der Waals surface area contributed by atoms with E-state index in [9.17, 15) is 4.79 Å². The van der Waals surface area contributed by atoms with Crippen LogP contribution in [0.5, 0.6) is 5.88 Å². The molecule has 2 aromatic rings. The summed E-state index contributed by atoms with van der Waals surface area (Å²) in [7, 11) is 1.55. The van der Waals surface area contributed by atoms with E-state index >= 15 is 0 Å². The second-order valence-corrected chi connectivity index (χ2v) is 5.59. The molecule has 1 aliphatic heterocycles. The largest absolute Gasteiger partial charge is 0.481 e. The summed E-state index contributed by atoms with van der Waals surface area (Å²) in [4.78, 5) is 21.3. The maximum absolute atomic E-state index is 12.9. The SMILES string of the molecule is COc1cc(C(=O)N2CCN(CCO)CC2)c2ccccc2n1. The lowest BCUT2D eigenvalue weighted by atomic mass is 10.1. The number of aliphatic hydroxyl groups excluding tert-OH is 1. The molecule has 0 saturated carbocycles. The van der Waals surface area contributed by atoms with Gasteiger partial charge in [-0.3, -0.25) is 9.69 Å². The number of ether oxygens (including phenoxy) is 1. The van der Waals surface area contributed by atoms with Crippen molar-refractivity contribution in [2.45, 2.75) is 0 Å². The van der Waals surface area contributed by atoms with Gasteiger partial charge < -0.3 is 14.7 Å². The molecule has 1 amide bonds. The molecule has 23 heavy (non-hydrogen) atoms. The number of methoxy groups -OCH3 is 1. The molecule has 0 radical (unpaired) electrons. The quantitative estimate of drug-likeness (QED) is 0.911. The Hall–Kier alpha value is -2.18. The van der Waals surface area contributed by atoms with E-state index in [2.05, 4.69) is 9.88 Å². The van der Waals surface area contributed by atoms with Crippen molar-refractivity contribution in [3.63, 3.8) is 0 Å². The third-order valence-electron chi connectivity index (χ3n) is 4.21. The first-order chi connectivity index (χ1) is 11.2. The van der Waals surface area contributed by atoms with Crippen molar-refractivity contribution in [3.05, 3.63) is 35.9 Å². The number of benzene rings is 1. The molecule has 1 aliphatic rings. The first-order valence-corrected chi connectivity index (χ1v) is 7.79. The zero-order valence-electron chi connectivity index (χ0n) is 13.2. The highest BCUT2D eigenvalue weighted by Gasteiger charge is 2.24. The second-order valence-electron chi connectivity index (χ2n) is 5.59. The number of aromatic nitrogens is 1. The number of para-hydroxylation sites is 1. The van der Waals surface area contributed by atoms with E-state index in [0.717, 1.165) is 24.0 Å². The van der Waals surface area contributed by atoms with Gasteiger partial charge in [0.2, 0.25) is 5.88 Å². The summed E-state index contributed by atoms with van der Waals surface area (Å²) in [6, 6.07) is 9.32. The Labute approximate surface area is 135 Å². The van der Waals surface area contributed by atoms with Crippen LogP contribution >= 0.6 is 0 Å². The van der Waals surface area contributed by atoms with Crippen molar-refractivity contribution in [2.75, 3.05) is 46.4 Å². The van der Waals surface area contributed by atoms with Crippen molar-refractivity contribution in [1.82, 2.24) is 14.8 Å². The fraction of sp³-hybridized carbons (Fsp3) is 0.412. The first kappa shape index (κ1) is 15.7. The number of β-amino-alcohol motifs (C(OH)–C–C–N with tert-alkyl or cyclic N) is 1. The average molecular weight is 315 g/mol. The minimum atomic E-state index is 0.00514. The van der Waals surface area contributed by atoms with Crippen LogP contribution in [0, 0.1) is 0 Å². The van der Waals surface area contributed by atoms with Gasteiger partial charge in [0.25, 0.3) is 5.91 Å². The highest BCUT2D eigenvalue weighted by molar-refractivity contribution is 6.06. The van der Waals surface area contributed by atoms with Crippen LogP contribution in [0.15, 0.2) is 30.3 Å². The zero-order valence-corrected chi connectivity index (χ0v) is 13.2. The fourth-order valence-electron chi connectivity index (χ4n) is 2.92. The Kier molecular flexibility index (Phi) is 4.73. The van der Waals surface area contributed by atoms with Crippen LogP contribution in [0.25, 0.3) is 10.9 Å². The van der Waals surface area contributed by atoms with Gasteiger partial charge in [-0.25, -0.2) is 4.98 Å². The van der Waals surface area contributed by atoms with E-state index in [4.69, 9.17) is 9.84 Å². The number of carbonyl (C=O) groups excluding carboxylic acids is 1. The van der Waals surface area contributed by atoms with E-state index in [1.165, 1.54) is 0 Å². The summed E-state index contributed by atoms with van der Waals surface area (Å²) < 4.78 is 5.23. The van der Waals surface area contributed by atoms with Crippen molar-refractivity contribution in [1.29, 1.82) is 0 Å². The van der Waals surface area contributed by atoms with Gasteiger partial charge in [0.05, 0.1) is 24.8 Å². The maximum atomic E-state index is 12.9. The number of aliphatic hydroxyl groups is 1. The normalized spacial score (nSPS) is 15.8. The van der Waals surface area contributed by atoms with Gasteiger partial charge in [-0.1, -0.05) is 18.2 Å². The summed E-state index contributed by atoms with van der Waals surface area (Å²) in [6.07, 6.45) is 0. The number of nitrogens with zero attached hydrogens (tertiary/aromatic N) is 3. The molecular formula is C17H21N3O3. The molecule has 0 bridgehead atoms. The molecule has 1 fully saturated rings. The number of piperazine rings is 1. The first-order valence-electron chi connectivity index (χ1n) is 7.79. The molecular weight excluding hydrogens is 294 g/mol. The highest BCUT2D eigenvalue weighted by Crippen LogP contribution is 2.23. The topological polar surface area (TPSA) is 65.9 Å². The van der Waals surface area contributed by atoms with E-state index in [-0.39, 0.29) is 12.5 Å². The predicted octanol–water partition coefficient (Wildman–Crippen LogP) is 0.993. The lowest BCUT2D eigenvalue weighted by Crippen LogP contribution is -2.49. The summed E-state index contributed by atoms with van der Waals surface area (Å²) in [5.74, 6) is 0.455. The minimum absolute atomic E-state index is 0.00514. The van der Waals surface area contributed by atoms with Gasteiger partial charge in [-0.2, -0.15) is 0 Å². The number of hydrogen-bond donors (Lipinski definition) is 1. The molecule has 0 aliphatic carbocycles. The van der Waals surface area contributed by atoms with Gasteiger partial charge >= 0.3 is 0 Å². The monoisotopic (exact) mass is 315 g/mol. The Morgan fingerprint density at radius 2 is 2.00 bits per heavy atom. The molecule has 1 aromatic heterocycles. The molecule has 1 saturated heterocycles. The number of pyridine rings is 1. The third kappa shape index (κ3) is 3.28. The molecule has 2 heterocycles. The van der Waals surface area contributed by atoms with Crippen LogP contribution in [0.1, 0.15) is 10.4 Å². The molecule has 6 nitrogen and oxygen atoms in total. The van der Waals surface area contributed by atoms with Crippen LogP contribution in [-0.2, 0) is 0 Å². The third-order valence-corrected chi connectivity index (χ3v) is 4.21. The Balaban J connectivity index is 1.86. The lowest BCUT2D eigenvalue weighted by Gasteiger charge is -2.34. The second kappa shape index (κ2) is 6.93. The van der Waals surface area contributed by atoms with Gasteiger partial charge in [0.1, 0.15) is 0 Å². The lowest BCUT2D eigenvalue weighted by molar-refractivity contribution is 0.0616. The Morgan fingerprint density at radius 3 is 2.70 bits per heavy atom. The number of carbonyl (C=O) groups is 1. The summed E-state index contributed by atoms with van der Waals surface area (Å²) in [5, 5.41) is 9.85. The van der Waals surface area contributed by atoms with E-state index in [0.29, 0.717) is 31.1 Å². The molecule has 1 N–H and O–H groups in total. The van der Waals surface area contributed by atoms with Crippen LogP contribution in [0.2, 0.25) is 0 Å². The van der Waals surface area contributed by atoms with Crippen molar-refractivity contribution in [2.24, 2.45) is 0 Å². The standard InChI is InChI=1S/C17H21N3O3/c1-23-16-12-14(13-4-2-3-5-15(13)18-16)17(22)20-8-6-19(7-9-20)10-11-21/h2-5,12,21H,6-11H2,1H3. The van der Waals surface area contributed by atoms with Crippen molar-refractivity contribution < 1.29 is 14.6 Å². The summed E-state index contributed by atoms with van der Waals surface area (Å²) in [5.41, 5.74) is 1.39. The number of amides is 1. The predicted molar refractivity (Wildman–Crippen MR) is 87.7 cm³/mol. The number of hydrogen-bond acceptors (Lipinski definition) is 5. The molecule has 122 valence electrons. The van der Waals surface area contributed by atoms with E-state index in [1.54, 1.807) is 13.2 Å². The molecule has 3 rings (SSSR count). The summed E-state index contributed by atoms with van der Waals surface area (Å²) in [6.45, 7) is 3.71. The molecule has 0 spiro atoms. The maximum Gasteiger partial charge on any atom is 0.254 e. The van der Waals surface area contributed by atoms with Gasteiger partial charge in [-0.05, 0) is 6.07 Å². The van der Waals surface area contributed by atoms with E-state index < -0.39 is 0 Å². The van der Waals surface area contributed by atoms with Gasteiger partial charge in [-0.15, -0.1) is 0 Å². The zero-order chi connectivity index (χ0) is 16.2. The average Bonchev–Trinajstić information content (AvgIpc) is 2.61. The molecule has 1 aromatic carbocycles. The molecule has 0 atom stereocenters. The smallest absolute Gasteiger partial charge is 0.254 e. The Morgan fingerprint density at radius 1 is 1.26 bits per heavy atom. The number of fused-ring (bicyclic) bond motifs is 1. The van der Waals surface area contributed by atoms with E-state index in [1.807, 2.05) is 29.2 Å². The highest BCUT2D eigenvalue weighted by atomic mass is 16.5. The van der Waals surface area contributed by atoms with Crippen LogP contribution in [-0.4, -0.2) is 72.2 Å². The van der Waals surface area contributed by atoms with Crippen molar-refractivity contribution >= 4 is 16.8 Å². The van der Waals surface area contributed by atoms with Crippen molar-refractivity contribution in [3.8, 4) is 5.88 Å². The Bertz CT molecular complexity index is 697. The fourth-order valence-corrected chi connectivity index (χ4v) is 2.92. The molecule has 6 heteroatoms. The van der Waals surface area contributed by atoms with Gasteiger partial charge in [0.15, 0.2) is 0 Å². The van der Waals surface area contributed by atoms with Crippen LogP contribution in [0.3, 0.4) is 0 Å². The summed E-state index contributed by atoms with van der Waals surface area (Å²) >= 11 is 0. The molecule has 0 unspecified atom stereocenters. The minimum Gasteiger partial charge on any atom is -0.481 e. The van der Waals surface area contributed by atoms with Gasteiger partial charge in [0, 0.05) is 44.2 Å². The van der Waals surface area contributed by atoms with Crippen LogP contribution in [0.4, 0.5) is 0 Å². The van der Waals surface area contributed by atoms with Crippen LogP contribution < -0.4 is 4.74 Å².